The fourth-order valence-corrected chi connectivity index (χ4v) is 3.45. The van der Waals surface area contributed by atoms with Gasteiger partial charge in [0, 0.05) is 31.3 Å². The number of rotatable bonds is 9. The predicted octanol–water partition coefficient (Wildman–Crippen LogP) is 3.37. The van der Waals surface area contributed by atoms with Crippen molar-refractivity contribution in [2.75, 3.05) is 27.8 Å². The summed E-state index contributed by atoms with van der Waals surface area (Å²) in [6.07, 6.45) is 2.42. The lowest BCUT2D eigenvalue weighted by Crippen LogP contribution is -2.14. The molecule has 0 aliphatic rings. The predicted molar refractivity (Wildman–Crippen MR) is 105 cm³/mol. The first-order valence-electron chi connectivity index (χ1n) is 8.19. The molecule has 0 amide bonds. The van der Waals surface area contributed by atoms with Gasteiger partial charge in [-0.3, -0.25) is 10.1 Å². The summed E-state index contributed by atoms with van der Waals surface area (Å²) >= 11 is 0. The van der Waals surface area contributed by atoms with Gasteiger partial charge >= 0.3 is 0 Å². The second kappa shape index (κ2) is 9.72. The number of benzene rings is 2. The van der Waals surface area contributed by atoms with Crippen LogP contribution >= 0.6 is 0 Å². The summed E-state index contributed by atoms with van der Waals surface area (Å²) in [7, 11) is 3.44. The van der Waals surface area contributed by atoms with Crippen molar-refractivity contribution < 1.29 is 18.6 Å². The van der Waals surface area contributed by atoms with Gasteiger partial charge in [0.15, 0.2) is 11.5 Å². The van der Waals surface area contributed by atoms with Crippen molar-refractivity contribution in [3.8, 4) is 11.5 Å². The molecule has 0 saturated heterocycles. The third-order valence-electron chi connectivity index (χ3n) is 3.92. The highest BCUT2D eigenvalue weighted by atomic mass is 32.2. The van der Waals surface area contributed by atoms with Crippen LogP contribution in [0, 0.1) is 10.1 Å². The Morgan fingerprint density at radius 3 is 2.52 bits per heavy atom. The van der Waals surface area contributed by atoms with E-state index < -0.39 is 15.7 Å². The topological polar surface area (TPSA) is 81.9 Å². The number of para-hydroxylation sites is 1. The molecule has 0 spiro atoms. The van der Waals surface area contributed by atoms with Crippen LogP contribution in [0.3, 0.4) is 0 Å². The lowest BCUT2D eigenvalue weighted by atomic mass is 10.1. The maximum Gasteiger partial charge on any atom is 0.285 e. The van der Waals surface area contributed by atoms with Gasteiger partial charge in [0.05, 0.1) is 29.9 Å². The minimum Gasteiger partial charge on any atom is -0.493 e. The summed E-state index contributed by atoms with van der Waals surface area (Å²) < 4.78 is 22.9. The molecule has 0 radical (unpaired) electrons. The summed E-state index contributed by atoms with van der Waals surface area (Å²) in [5.41, 5.74) is 0.932. The van der Waals surface area contributed by atoms with Crippen molar-refractivity contribution in [2.45, 2.75) is 11.3 Å². The molecule has 0 aliphatic carbocycles. The van der Waals surface area contributed by atoms with Crippen LogP contribution in [-0.4, -0.2) is 41.8 Å². The summed E-state index contributed by atoms with van der Waals surface area (Å²) in [4.78, 5) is 12.6. The quantitative estimate of drug-likeness (QED) is 0.482. The van der Waals surface area contributed by atoms with Gasteiger partial charge in [-0.15, -0.1) is 0 Å². The summed E-state index contributed by atoms with van der Waals surface area (Å²) in [6.45, 7) is 0.681. The molecule has 2 aromatic rings. The molecule has 8 heteroatoms. The smallest absolute Gasteiger partial charge is 0.285 e. The summed E-state index contributed by atoms with van der Waals surface area (Å²) in [6, 6.07) is 11.8. The maximum absolute atomic E-state index is 12.4. The molecule has 7 nitrogen and oxygen atoms in total. The van der Waals surface area contributed by atoms with E-state index in [0.717, 1.165) is 12.0 Å². The maximum atomic E-state index is 12.4. The van der Waals surface area contributed by atoms with Gasteiger partial charge in [-0.05, 0) is 30.2 Å². The monoisotopic (exact) mass is 390 g/mol. The van der Waals surface area contributed by atoms with Crippen molar-refractivity contribution in [2.24, 2.45) is 0 Å². The zero-order valence-corrected chi connectivity index (χ0v) is 16.3. The molecule has 0 unspecified atom stereocenters. The number of nitro groups is 1. The Kier molecular flexibility index (Phi) is 7.36. The fourth-order valence-electron chi connectivity index (χ4n) is 2.43. The number of nitro benzene ring substituents is 1. The van der Waals surface area contributed by atoms with E-state index in [-0.39, 0.29) is 10.6 Å². The molecule has 2 rings (SSSR count). The van der Waals surface area contributed by atoms with Crippen molar-refractivity contribution in [1.29, 1.82) is 0 Å². The highest BCUT2D eigenvalue weighted by molar-refractivity contribution is 7.88. The molecule has 0 heterocycles. The van der Waals surface area contributed by atoms with E-state index in [1.807, 2.05) is 30.1 Å². The van der Waals surface area contributed by atoms with Gasteiger partial charge in [-0.25, -0.2) is 4.21 Å². The molecule has 0 aromatic heterocycles. The molecular weight excluding hydrogens is 368 g/mol. The molecule has 1 atom stereocenters. The Labute approximate surface area is 160 Å². The number of ether oxygens (including phenoxy) is 2. The molecule has 0 aliphatic heterocycles. The fraction of sp³-hybridized carbons (Fsp3) is 0.263. The first-order chi connectivity index (χ1) is 13.0. The molecular formula is C19H22N2O5S. The first kappa shape index (κ1) is 20.4. The van der Waals surface area contributed by atoms with Crippen molar-refractivity contribution >= 4 is 16.5 Å². The van der Waals surface area contributed by atoms with Crippen LogP contribution in [0.25, 0.3) is 0 Å². The average Bonchev–Trinajstić information content (AvgIpc) is 2.69. The van der Waals surface area contributed by atoms with Gasteiger partial charge in [0.25, 0.3) is 5.69 Å². The zero-order chi connectivity index (χ0) is 19.8. The third-order valence-corrected chi connectivity index (χ3v) is 5.07. The normalized spacial score (nSPS) is 12.0. The Bertz CT molecular complexity index is 854. The van der Waals surface area contributed by atoms with E-state index in [9.17, 15) is 14.3 Å². The Hall–Kier alpha value is -2.87. The highest BCUT2D eigenvalue weighted by Crippen LogP contribution is 2.27. The second-order valence-corrected chi connectivity index (χ2v) is 7.03. The number of hydrogen-bond acceptors (Lipinski definition) is 6. The van der Waals surface area contributed by atoms with Gasteiger partial charge < -0.3 is 14.4 Å². The molecule has 0 bridgehead atoms. The van der Waals surface area contributed by atoms with Crippen LogP contribution in [0.5, 0.6) is 11.5 Å². The van der Waals surface area contributed by atoms with Gasteiger partial charge in [-0.1, -0.05) is 18.2 Å². The Morgan fingerprint density at radius 2 is 1.85 bits per heavy atom. The second-order valence-electron chi connectivity index (χ2n) is 5.73. The summed E-state index contributed by atoms with van der Waals surface area (Å²) in [5, 5.41) is 12.5. The van der Waals surface area contributed by atoms with Crippen LogP contribution < -0.4 is 9.47 Å². The molecule has 0 saturated carbocycles. The van der Waals surface area contributed by atoms with E-state index in [4.69, 9.17) is 9.47 Å². The Balaban J connectivity index is 1.98. The minimum absolute atomic E-state index is 0.145. The lowest BCUT2D eigenvalue weighted by Gasteiger charge is -2.15. The van der Waals surface area contributed by atoms with Crippen LogP contribution in [0.15, 0.2) is 59.0 Å². The van der Waals surface area contributed by atoms with Crippen LogP contribution in [-0.2, 0) is 17.2 Å². The molecule has 2 aromatic carbocycles. The van der Waals surface area contributed by atoms with Gasteiger partial charge in [0.2, 0.25) is 0 Å². The minimum atomic E-state index is -1.59. The van der Waals surface area contributed by atoms with E-state index in [1.54, 1.807) is 32.6 Å². The number of nitrogens with zero attached hydrogens (tertiary/aromatic N) is 2. The Morgan fingerprint density at radius 1 is 1.15 bits per heavy atom. The largest absolute Gasteiger partial charge is 0.493 e. The lowest BCUT2D eigenvalue weighted by molar-refractivity contribution is -0.387. The van der Waals surface area contributed by atoms with Crippen molar-refractivity contribution in [3.63, 3.8) is 0 Å². The highest BCUT2D eigenvalue weighted by Gasteiger charge is 2.16. The van der Waals surface area contributed by atoms with Gasteiger partial charge in [0.1, 0.15) is 4.90 Å². The molecule has 0 fully saturated rings. The van der Waals surface area contributed by atoms with Crippen molar-refractivity contribution in [3.05, 3.63) is 69.8 Å². The third kappa shape index (κ3) is 5.55. The van der Waals surface area contributed by atoms with E-state index in [1.165, 1.54) is 17.5 Å². The van der Waals surface area contributed by atoms with E-state index in [2.05, 4.69) is 0 Å². The van der Waals surface area contributed by atoms with Gasteiger partial charge in [-0.2, -0.15) is 0 Å². The SMILES string of the molecule is COc1ccc(CCN(C)/C=C\[S@@](=O)c2ccccc2[N+](=O)[O-])cc1OC. The summed E-state index contributed by atoms with van der Waals surface area (Å²) in [5.74, 6) is 1.35. The average molecular weight is 390 g/mol. The van der Waals surface area contributed by atoms with E-state index >= 15 is 0 Å². The standard InChI is InChI=1S/C19H22N2O5S/c1-20(11-10-15-8-9-17(25-2)18(14-15)26-3)12-13-27(24)19-7-5-4-6-16(19)21(22)23/h4-9,12-14H,10-11H2,1-3H3/b13-12-/t27-/m1/s1. The zero-order valence-electron chi connectivity index (χ0n) is 15.5. The number of hydrogen-bond donors (Lipinski definition) is 0. The molecule has 144 valence electrons. The van der Waals surface area contributed by atoms with Crippen LogP contribution in [0.2, 0.25) is 0 Å². The molecule has 27 heavy (non-hydrogen) atoms. The molecule has 0 N–H and O–H groups in total. The number of methoxy groups -OCH3 is 2. The first-order valence-corrected chi connectivity index (χ1v) is 9.41. The van der Waals surface area contributed by atoms with Crippen LogP contribution in [0.4, 0.5) is 5.69 Å². The van der Waals surface area contributed by atoms with Crippen LogP contribution in [0.1, 0.15) is 5.56 Å². The van der Waals surface area contributed by atoms with Crippen molar-refractivity contribution in [1.82, 2.24) is 4.90 Å². The van der Waals surface area contributed by atoms with E-state index in [0.29, 0.717) is 18.0 Å². The number of likely N-dealkylation sites (N-methyl/N-ethyl adjacent to an activating group) is 1.